The van der Waals surface area contributed by atoms with E-state index in [2.05, 4.69) is 39.0 Å². The Kier molecular flexibility index (Phi) is 3.32. The molecular weight excluding hydrogens is 270 g/mol. The van der Waals surface area contributed by atoms with Crippen LogP contribution in [0, 0.1) is 0 Å². The number of hydrogen-bond acceptors (Lipinski definition) is 3. The third-order valence-corrected chi connectivity index (χ3v) is 6.66. The van der Waals surface area contributed by atoms with Crippen LogP contribution in [0.1, 0.15) is 58.3 Å². The summed E-state index contributed by atoms with van der Waals surface area (Å²) in [4.78, 5) is 5.62. The van der Waals surface area contributed by atoms with Crippen molar-refractivity contribution >= 4 is 22.7 Å². The normalized spacial score (nSPS) is 16.6. The summed E-state index contributed by atoms with van der Waals surface area (Å²) in [5.41, 5.74) is 8.22. The second-order valence-corrected chi connectivity index (χ2v) is 8.66. The van der Waals surface area contributed by atoms with Crippen molar-refractivity contribution < 1.29 is 0 Å². The van der Waals surface area contributed by atoms with Gasteiger partial charge in [-0.25, -0.2) is 0 Å². The highest BCUT2D eigenvalue weighted by atomic mass is 32.1. The zero-order chi connectivity index (χ0) is 13.6. The average Bonchev–Trinajstić information content (AvgIpc) is 3.01. The number of thiophene rings is 2. The highest BCUT2D eigenvalue weighted by Crippen LogP contribution is 2.38. The first kappa shape index (κ1) is 13.3. The summed E-state index contributed by atoms with van der Waals surface area (Å²) in [5, 5.41) is 0. The molecule has 2 aromatic rings. The van der Waals surface area contributed by atoms with Gasteiger partial charge in [0.05, 0.1) is 6.04 Å². The Morgan fingerprint density at radius 1 is 1.11 bits per heavy atom. The van der Waals surface area contributed by atoms with E-state index < -0.39 is 0 Å². The fraction of sp³-hybridized carbons (Fsp3) is 0.500. The Morgan fingerprint density at radius 3 is 2.53 bits per heavy atom. The Labute approximate surface area is 123 Å². The van der Waals surface area contributed by atoms with Crippen molar-refractivity contribution in [1.82, 2.24) is 0 Å². The van der Waals surface area contributed by atoms with Gasteiger partial charge in [0.2, 0.25) is 0 Å². The zero-order valence-corrected chi connectivity index (χ0v) is 13.5. The minimum Gasteiger partial charge on any atom is -0.319 e. The summed E-state index contributed by atoms with van der Waals surface area (Å²) in [6.07, 6.45) is 3.82. The molecule has 2 heterocycles. The van der Waals surface area contributed by atoms with Gasteiger partial charge in [-0.3, -0.25) is 0 Å². The maximum Gasteiger partial charge on any atom is 0.0740 e. The van der Waals surface area contributed by atoms with Crippen molar-refractivity contribution in [2.24, 2.45) is 5.73 Å². The zero-order valence-electron chi connectivity index (χ0n) is 11.8. The molecule has 1 aliphatic rings. The highest BCUT2D eigenvalue weighted by Gasteiger charge is 2.22. The van der Waals surface area contributed by atoms with Crippen LogP contribution in [0.4, 0.5) is 0 Å². The smallest absolute Gasteiger partial charge is 0.0740 e. The van der Waals surface area contributed by atoms with Gasteiger partial charge in [0.1, 0.15) is 0 Å². The SMILES string of the molecule is CC(C)(C)c1ccc(C(N)c2cc3c(s2)CCC3)s1. The van der Waals surface area contributed by atoms with Crippen molar-refractivity contribution in [3.63, 3.8) is 0 Å². The summed E-state index contributed by atoms with van der Waals surface area (Å²) < 4.78 is 0. The number of aryl methyl sites for hydroxylation is 2. The first-order chi connectivity index (χ1) is 8.95. The minimum absolute atomic E-state index is 0.0664. The van der Waals surface area contributed by atoms with E-state index in [1.165, 1.54) is 33.9 Å². The number of nitrogens with two attached hydrogens (primary N) is 1. The van der Waals surface area contributed by atoms with Crippen LogP contribution in [0.2, 0.25) is 0 Å². The number of fused-ring (bicyclic) bond motifs is 1. The lowest BCUT2D eigenvalue weighted by molar-refractivity contribution is 0.604. The Balaban J connectivity index is 1.87. The van der Waals surface area contributed by atoms with E-state index >= 15 is 0 Å². The van der Waals surface area contributed by atoms with Crippen molar-refractivity contribution in [3.05, 3.63) is 43.3 Å². The van der Waals surface area contributed by atoms with E-state index in [4.69, 9.17) is 5.73 Å². The van der Waals surface area contributed by atoms with Crippen molar-refractivity contribution in [2.45, 2.75) is 51.5 Å². The molecule has 1 aliphatic carbocycles. The lowest BCUT2D eigenvalue weighted by atomic mass is 9.95. The summed E-state index contributed by atoms with van der Waals surface area (Å²) in [6.45, 7) is 6.77. The van der Waals surface area contributed by atoms with Gasteiger partial charge in [0.15, 0.2) is 0 Å². The van der Waals surface area contributed by atoms with Crippen molar-refractivity contribution in [1.29, 1.82) is 0 Å². The van der Waals surface area contributed by atoms with Gasteiger partial charge >= 0.3 is 0 Å². The molecule has 1 atom stereocenters. The molecule has 0 amide bonds. The van der Waals surface area contributed by atoms with E-state index in [0.29, 0.717) is 0 Å². The predicted octanol–water partition coefficient (Wildman–Crippen LogP) is 4.64. The van der Waals surface area contributed by atoms with Gasteiger partial charge in [-0.1, -0.05) is 20.8 Å². The molecule has 2 N–H and O–H groups in total. The summed E-state index contributed by atoms with van der Waals surface area (Å²) in [7, 11) is 0. The van der Waals surface area contributed by atoms with Gasteiger partial charge < -0.3 is 5.73 Å². The van der Waals surface area contributed by atoms with Crippen LogP contribution in [0.15, 0.2) is 18.2 Å². The molecule has 102 valence electrons. The first-order valence-electron chi connectivity index (χ1n) is 6.92. The maximum atomic E-state index is 6.45. The summed E-state index contributed by atoms with van der Waals surface area (Å²) >= 11 is 3.79. The third-order valence-electron chi connectivity index (χ3n) is 3.74. The molecule has 3 heteroatoms. The molecule has 2 aromatic heterocycles. The molecule has 19 heavy (non-hydrogen) atoms. The van der Waals surface area contributed by atoms with Crippen LogP contribution < -0.4 is 5.73 Å². The van der Waals surface area contributed by atoms with E-state index in [-0.39, 0.29) is 11.5 Å². The molecule has 0 saturated heterocycles. The average molecular weight is 291 g/mol. The lowest BCUT2D eigenvalue weighted by Crippen LogP contribution is -2.09. The molecule has 3 rings (SSSR count). The van der Waals surface area contributed by atoms with E-state index in [1.54, 1.807) is 10.4 Å². The van der Waals surface area contributed by atoms with Crippen molar-refractivity contribution in [3.8, 4) is 0 Å². The van der Waals surface area contributed by atoms with Crippen LogP contribution in [-0.4, -0.2) is 0 Å². The lowest BCUT2D eigenvalue weighted by Gasteiger charge is -2.15. The monoisotopic (exact) mass is 291 g/mol. The molecule has 1 nitrogen and oxygen atoms in total. The topological polar surface area (TPSA) is 26.0 Å². The van der Waals surface area contributed by atoms with Crippen LogP contribution in [0.5, 0.6) is 0 Å². The molecule has 0 fully saturated rings. The fourth-order valence-electron chi connectivity index (χ4n) is 2.57. The van der Waals surface area contributed by atoms with E-state index in [1.807, 2.05) is 22.7 Å². The highest BCUT2D eigenvalue weighted by molar-refractivity contribution is 7.13. The minimum atomic E-state index is 0.0664. The molecule has 0 radical (unpaired) electrons. The second kappa shape index (κ2) is 4.72. The van der Waals surface area contributed by atoms with Gasteiger partial charge in [-0.05, 0) is 48.4 Å². The van der Waals surface area contributed by atoms with Crippen molar-refractivity contribution in [2.75, 3.05) is 0 Å². The molecule has 0 saturated carbocycles. The standard InChI is InChI=1S/C16H21NS2/c1-16(2,3)14-8-7-12(19-14)15(17)13-9-10-5-4-6-11(10)18-13/h7-9,15H,4-6,17H2,1-3H3. The molecular formula is C16H21NS2. The molecule has 0 bridgehead atoms. The second-order valence-electron chi connectivity index (χ2n) is 6.38. The maximum absolute atomic E-state index is 6.45. The summed E-state index contributed by atoms with van der Waals surface area (Å²) in [6, 6.07) is 6.85. The Bertz CT molecular complexity index is 565. The molecule has 0 aliphatic heterocycles. The largest absolute Gasteiger partial charge is 0.319 e. The Morgan fingerprint density at radius 2 is 1.89 bits per heavy atom. The van der Waals surface area contributed by atoms with Crippen LogP contribution in [0.3, 0.4) is 0 Å². The third kappa shape index (κ3) is 2.51. The van der Waals surface area contributed by atoms with Gasteiger partial charge in [0, 0.05) is 19.5 Å². The fourth-order valence-corrected chi connectivity index (χ4v) is 5.01. The summed E-state index contributed by atoms with van der Waals surface area (Å²) in [5.74, 6) is 0. The Hall–Kier alpha value is -0.640. The first-order valence-corrected chi connectivity index (χ1v) is 8.56. The number of hydrogen-bond donors (Lipinski definition) is 1. The van der Waals surface area contributed by atoms with Crippen LogP contribution in [-0.2, 0) is 18.3 Å². The van der Waals surface area contributed by atoms with Crippen LogP contribution >= 0.6 is 22.7 Å². The van der Waals surface area contributed by atoms with Gasteiger partial charge in [0.25, 0.3) is 0 Å². The molecule has 0 spiro atoms. The van der Waals surface area contributed by atoms with Crippen LogP contribution in [0.25, 0.3) is 0 Å². The quantitative estimate of drug-likeness (QED) is 0.856. The van der Waals surface area contributed by atoms with Gasteiger partial charge in [-0.15, -0.1) is 22.7 Å². The predicted molar refractivity (Wildman–Crippen MR) is 85.4 cm³/mol. The van der Waals surface area contributed by atoms with E-state index in [9.17, 15) is 0 Å². The number of rotatable bonds is 2. The molecule has 0 aromatic carbocycles. The van der Waals surface area contributed by atoms with Gasteiger partial charge in [-0.2, -0.15) is 0 Å². The van der Waals surface area contributed by atoms with E-state index in [0.717, 1.165) is 0 Å². The molecule has 1 unspecified atom stereocenters.